The maximum absolute atomic E-state index is 12.4. The minimum atomic E-state index is 0.295. The zero-order valence-electron chi connectivity index (χ0n) is 17.1. The Morgan fingerprint density at radius 1 is 1.07 bits per heavy atom. The number of rotatable bonds is 5. The summed E-state index contributed by atoms with van der Waals surface area (Å²) in [4.78, 5) is 28.0. The van der Waals surface area contributed by atoms with E-state index in [9.17, 15) is 4.79 Å². The van der Waals surface area contributed by atoms with Crippen LogP contribution in [0.1, 0.15) is 25.7 Å². The van der Waals surface area contributed by atoms with Gasteiger partial charge < -0.3 is 10.2 Å². The maximum atomic E-state index is 12.4. The number of thiophene rings is 1. The number of fused-ring (bicyclic) bond motifs is 1. The van der Waals surface area contributed by atoms with Crippen LogP contribution in [0.15, 0.2) is 42.7 Å². The van der Waals surface area contributed by atoms with E-state index in [0.717, 1.165) is 67.9 Å². The van der Waals surface area contributed by atoms with Gasteiger partial charge in [0.2, 0.25) is 5.91 Å². The minimum absolute atomic E-state index is 0.295. The lowest BCUT2D eigenvalue weighted by Crippen LogP contribution is -2.44. The number of nitrogens with zero attached hydrogens (tertiary/aromatic N) is 4. The number of likely N-dealkylation sites (tertiary alicyclic amines) is 2. The summed E-state index contributed by atoms with van der Waals surface area (Å²) in [5.74, 6) is 1.22. The van der Waals surface area contributed by atoms with Gasteiger partial charge in [-0.25, -0.2) is 9.97 Å². The highest BCUT2D eigenvalue weighted by Gasteiger charge is 2.25. The fourth-order valence-electron chi connectivity index (χ4n) is 4.40. The van der Waals surface area contributed by atoms with Gasteiger partial charge in [0.25, 0.3) is 0 Å². The van der Waals surface area contributed by atoms with Crippen molar-refractivity contribution < 1.29 is 4.79 Å². The Kier molecular flexibility index (Phi) is 5.64. The normalized spacial score (nSPS) is 18.2. The van der Waals surface area contributed by atoms with E-state index < -0.39 is 0 Å². The van der Waals surface area contributed by atoms with Crippen LogP contribution in [0, 0.1) is 0 Å². The molecule has 5 rings (SSSR count). The molecule has 0 saturated carbocycles. The fraction of sp³-hybridized carbons (Fsp3) is 0.435. The summed E-state index contributed by atoms with van der Waals surface area (Å²) in [6, 6.07) is 13.0. The molecular weight excluding hydrogens is 394 g/mol. The van der Waals surface area contributed by atoms with Gasteiger partial charge in [0.1, 0.15) is 17.0 Å². The van der Waals surface area contributed by atoms with Crippen molar-refractivity contribution in [3.05, 3.63) is 42.7 Å². The van der Waals surface area contributed by atoms with Crippen LogP contribution in [0.25, 0.3) is 20.7 Å². The number of nitrogens with one attached hydrogen (secondary N) is 1. The number of hydrogen-bond acceptors (Lipinski definition) is 6. The van der Waals surface area contributed by atoms with Gasteiger partial charge in [-0.15, -0.1) is 11.3 Å². The lowest BCUT2D eigenvalue weighted by Gasteiger charge is -2.33. The first-order chi connectivity index (χ1) is 14.8. The number of piperidine rings is 1. The van der Waals surface area contributed by atoms with Gasteiger partial charge in [0.15, 0.2) is 0 Å². The van der Waals surface area contributed by atoms with Crippen molar-refractivity contribution in [2.75, 3.05) is 38.0 Å². The van der Waals surface area contributed by atoms with Crippen LogP contribution in [0.3, 0.4) is 0 Å². The molecule has 0 aliphatic carbocycles. The fourth-order valence-corrected chi connectivity index (χ4v) is 5.41. The van der Waals surface area contributed by atoms with Gasteiger partial charge in [-0.2, -0.15) is 0 Å². The van der Waals surface area contributed by atoms with Crippen molar-refractivity contribution >= 4 is 33.3 Å². The molecule has 0 bridgehead atoms. The molecule has 0 radical (unpaired) electrons. The smallest absolute Gasteiger partial charge is 0.236 e. The first-order valence-corrected chi connectivity index (χ1v) is 11.6. The number of aromatic nitrogens is 2. The summed E-state index contributed by atoms with van der Waals surface area (Å²) in [5, 5.41) is 4.74. The van der Waals surface area contributed by atoms with Crippen molar-refractivity contribution in [1.29, 1.82) is 0 Å². The van der Waals surface area contributed by atoms with Crippen molar-refractivity contribution in [2.45, 2.75) is 31.7 Å². The number of benzene rings is 1. The monoisotopic (exact) mass is 421 g/mol. The van der Waals surface area contributed by atoms with Crippen LogP contribution in [-0.2, 0) is 4.79 Å². The Balaban J connectivity index is 1.22. The van der Waals surface area contributed by atoms with Gasteiger partial charge in [-0.05, 0) is 37.3 Å². The van der Waals surface area contributed by atoms with Gasteiger partial charge in [-0.1, -0.05) is 30.3 Å². The van der Waals surface area contributed by atoms with E-state index >= 15 is 0 Å². The van der Waals surface area contributed by atoms with E-state index in [-0.39, 0.29) is 0 Å². The molecule has 2 fully saturated rings. The number of carbonyl (C=O) groups is 1. The zero-order chi connectivity index (χ0) is 20.3. The van der Waals surface area contributed by atoms with E-state index in [4.69, 9.17) is 0 Å². The summed E-state index contributed by atoms with van der Waals surface area (Å²) < 4.78 is 0. The SMILES string of the molecule is O=C(CN1CCC(Nc2ncnc3sc(-c4ccccc4)cc23)CC1)N1CCCC1. The molecule has 2 aliphatic rings. The van der Waals surface area contributed by atoms with E-state index in [1.807, 2.05) is 11.0 Å². The van der Waals surface area contributed by atoms with Crippen LogP contribution in [-0.4, -0.2) is 64.4 Å². The molecule has 2 saturated heterocycles. The molecule has 2 aliphatic heterocycles. The largest absolute Gasteiger partial charge is 0.367 e. The van der Waals surface area contributed by atoms with Gasteiger partial charge in [0, 0.05) is 37.1 Å². The van der Waals surface area contributed by atoms with E-state index in [1.165, 1.54) is 10.4 Å². The molecule has 2 aromatic heterocycles. The van der Waals surface area contributed by atoms with Gasteiger partial charge >= 0.3 is 0 Å². The first kappa shape index (κ1) is 19.5. The molecule has 0 unspecified atom stereocenters. The Hall–Kier alpha value is -2.51. The highest BCUT2D eigenvalue weighted by molar-refractivity contribution is 7.21. The number of hydrogen-bond donors (Lipinski definition) is 1. The third-order valence-corrected chi connectivity index (χ3v) is 7.23. The lowest BCUT2D eigenvalue weighted by atomic mass is 10.0. The second-order valence-electron chi connectivity index (χ2n) is 8.20. The third-order valence-electron chi connectivity index (χ3n) is 6.13. The molecule has 156 valence electrons. The van der Waals surface area contributed by atoms with Crippen LogP contribution in [0.4, 0.5) is 5.82 Å². The van der Waals surface area contributed by atoms with Crippen molar-refractivity contribution in [3.8, 4) is 10.4 Å². The number of carbonyl (C=O) groups excluding carboxylic acids is 1. The third kappa shape index (κ3) is 4.18. The standard InChI is InChI=1S/C23H27N5OS/c29-21(28-10-4-5-11-28)15-27-12-8-18(9-13-27)26-22-19-14-20(17-6-2-1-3-7-17)30-23(19)25-16-24-22/h1-3,6-7,14,16,18H,4-5,8-13,15H2,(H,24,25,26). The summed E-state index contributed by atoms with van der Waals surface area (Å²) in [6.45, 7) is 4.34. The summed E-state index contributed by atoms with van der Waals surface area (Å²) in [7, 11) is 0. The average molecular weight is 422 g/mol. The predicted molar refractivity (Wildman–Crippen MR) is 122 cm³/mol. The molecule has 1 amide bonds. The Morgan fingerprint density at radius 3 is 2.60 bits per heavy atom. The highest BCUT2D eigenvalue weighted by Crippen LogP contribution is 2.35. The molecule has 1 N–H and O–H groups in total. The van der Waals surface area contributed by atoms with Crippen molar-refractivity contribution in [1.82, 2.24) is 19.8 Å². The zero-order valence-corrected chi connectivity index (χ0v) is 17.9. The average Bonchev–Trinajstić information content (AvgIpc) is 3.46. The van der Waals surface area contributed by atoms with Crippen molar-refractivity contribution in [3.63, 3.8) is 0 Å². The second-order valence-corrected chi connectivity index (χ2v) is 9.23. The Bertz CT molecular complexity index is 1010. The molecule has 7 heteroatoms. The molecule has 3 aromatic rings. The van der Waals surface area contributed by atoms with E-state index in [1.54, 1.807) is 17.7 Å². The molecule has 1 aromatic carbocycles. The van der Waals surface area contributed by atoms with Crippen LogP contribution in [0.5, 0.6) is 0 Å². The highest BCUT2D eigenvalue weighted by atomic mass is 32.1. The maximum Gasteiger partial charge on any atom is 0.236 e. The molecule has 30 heavy (non-hydrogen) atoms. The Labute approximate surface area is 180 Å². The summed E-state index contributed by atoms with van der Waals surface area (Å²) in [6.07, 6.45) is 6.00. The molecule has 0 atom stereocenters. The van der Waals surface area contributed by atoms with Crippen LogP contribution in [0.2, 0.25) is 0 Å². The number of anilines is 1. The quantitative estimate of drug-likeness (QED) is 0.678. The van der Waals surface area contributed by atoms with Gasteiger partial charge in [-0.3, -0.25) is 9.69 Å². The summed E-state index contributed by atoms with van der Waals surface area (Å²) >= 11 is 1.70. The van der Waals surface area contributed by atoms with Gasteiger partial charge in [0.05, 0.1) is 11.9 Å². The Morgan fingerprint density at radius 2 is 1.83 bits per heavy atom. The second kappa shape index (κ2) is 8.70. The molecule has 6 nitrogen and oxygen atoms in total. The van der Waals surface area contributed by atoms with Crippen LogP contribution >= 0.6 is 11.3 Å². The lowest BCUT2D eigenvalue weighted by molar-refractivity contribution is -0.131. The molecule has 0 spiro atoms. The summed E-state index contributed by atoms with van der Waals surface area (Å²) in [5.41, 5.74) is 1.21. The van der Waals surface area contributed by atoms with Crippen LogP contribution < -0.4 is 5.32 Å². The predicted octanol–water partition coefficient (Wildman–Crippen LogP) is 3.86. The first-order valence-electron chi connectivity index (χ1n) is 10.8. The van der Waals surface area contributed by atoms with Crippen molar-refractivity contribution in [2.24, 2.45) is 0 Å². The van der Waals surface area contributed by atoms with E-state index in [0.29, 0.717) is 18.5 Å². The minimum Gasteiger partial charge on any atom is -0.367 e. The molecular formula is C23H27N5OS. The number of amides is 1. The molecule has 4 heterocycles. The topological polar surface area (TPSA) is 61.4 Å². The van der Waals surface area contributed by atoms with E-state index in [2.05, 4.69) is 50.5 Å².